The van der Waals surface area contributed by atoms with Crippen molar-refractivity contribution in [2.75, 3.05) is 6.61 Å². The summed E-state index contributed by atoms with van der Waals surface area (Å²) in [6.07, 6.45) is 1.49. The quantitative estimate of drug-likeness (QED) is 0.814. The van der Waals surface area contributed by atoms with Gasteiger partial charge in [0, 0.05) is 12.0 Å². The summed E-state index contributed by atoms with van der Waals surface area (Å²) in [6, 6.07) is 4.66. The van der Waals surface area contributed by atoms with E-state index in [1.165, 1.54) is 12.1 Å². The van der Waals surface area contributed by atoms with Crippen molar-refractivity contribution in [3.63, 3.8) is 0 Å². The topological polar surface area (TPSA) is 29.5 Å². The third-order valence-electron chi connectivity index (χ3n) is 2.54. The molecule has 0 saturated heterocycles. The lowest BCUT2D eigenvalue weighted by Gasteiger charge is -2.10. The van der Waals surface area contributed by atoms with E-state index in [0.717, 1.165) is 12.0 Å². The van der Waals surface area contributed by atoms with Gasteiger partial charge in [-0.2, -0.15) is 0 Å². The first-order valence-corrected chi connectivity index (χ1v) is 6.16. The molecule has 0 aliphatic carbocycles. The predicted molar refractivity (Wildman–Crippen MR) is 69.5 cm³/mol. The number of rotatable bonds is 5. The van der Waals surface area contributed by atoms with Gasteiger partial charge in [0.1, 0.15) is 5.82 Å². The Morgan fingerprint density at radius 1 is 1.39 bits per heavy atom. The van der Waals surface area contributed by atoms with Crippen LogP contribution in [-0.2, 0) is 11.3 Å². The molecule has 0 radical (unpaired) electrons. The molecule has 0 aliphatic heterocycles. The summed E-state index contributed by atoms with van der Waals surface area (Å²) in [5.41, 5.74) is 1.40. The summed E-state index contributed by atoms with van der Waals surface area (Å²) in [7, 11) is 0. The minimum Gasteiger partial charge on any atom is -0.395 e. The van der Waals surface area contributed by atoms with E-state index < -0.39 is 0 Å². The maximum Gasteiger partial charge on any atom is 0.124 e. The van der Waals surface area contributed by atoms with E-state index in [9.17, 15) is 4.39 Å². The summed E-state index contributed by atoms with van der Waals surface area (Å²) in [5.74, 6) is 5.29. The molecule has 0 spiro atoms. The van der Waals surface area contributed by atoms with E-state index in [1.54, 1.807) is 0 Å². The van der Waals surface area contributed by atoms with Crippen molar-refractivity contribution in [3.05, 3.63) is 35.1 Å². The minimum absolute atomic E-state index is 0.0201. The number of aliphatic hydroxyl groups is 1. The summed E-state index contributed by atoms with van der Waals surface area (Å²) < 4.78 is 18.9. The molecule has 1 aromatic rings. The molecule has 2 nitrogen and oxygen atoms in total. The van der Waals surface area contributed by atoms with Gasteiger partial charge in [-0.15, -0.1) is 0 Å². The van der Waals surface area contributed by atoms with Crippen LogP contribution in [0.25, 0.3) is 0 Å². The Morgan fingerprint density at radius 2 is 2.17 bits per heavy atom. The zero-order valence-corrected chi connectivity index (χ0v) is 10.9. The summed E-state index contributed by atoms with van der Waals surface area (Å²) in [6.45, 7) is 4.44. The van der Waals surface area contributed by atoms with Crippen LogP contribution in [0.4, 0.5) is 4.39 Å². The maximum atomic E-state index is 13.4. The van der Waals surface area contributed by atoms with Gasteiger partial charge in [-0.25, -0.2) is 4.39 Å². The predicted octanol–water partition coefficient (Wildman–Crippen LogP) is 2.87. The Hall–Kier alpha value is -1.37. The highest BCUT2D eigenvalue weighted by atomic mass is 19.1. The molecular formula is C15H19FO2. The van der Waals surface area contributed by atoms with Gasteiger partial charge in [-0.05, 0) is 37.1 Å². The van der Waals surface area contributed by atoms with Gasteiger partial charge in [0.05, 0.1) is 19.3 Å². The molecule has 0 bridgehead atoms. The molecule has 1 N–H and O–H groups in total. The number of benzene rings is 1. The highest BCUT2D eigenvalue weighted by Crippen LogP contribution is 2.11. The molecule has 98 valence electrons. The van der Waals surface area contributed by atoms with Crippen molar-refractivity contribution >= 4 is 0 Å². The molecule has 0 saturated carbocycles. The van der Waals surface area contributed by atoms with Crippen LogP contribution >= 0.6 is 0 Å². The lowest BCUT2D eigenvalue weighted by molar-refractivity contribution is 0.0507. The first-order chi connectivity index (χ1) is 8.65. The monoisotopic (exact) mass is 250 g/mol. The van der Waals surface area contributed by atoms with Gasteiger partial charge in [0.15, 0.2) is 0 Å². The minimum atomic E-state index is -0.312. The van der Waals surface area contributed by atoms with Crippen LogP contribution in [0.1, 0.15) is 37.8 Å². The summed E-state index contributed by atoms with van der Waals surface area (Å²) in [4.78, 5) is 0. The van der Waals surface area contributed by atoms with Crippen LogP contribution in [0, 0.1) is 17.7 Å². The molecular weight excluding hydrogens is 231 g/mol. The number of ether oxygens (including phenoxy) is 1. The Balaban J connectivity index is 2.72. The van der Waals surface area contributed by atoms with Crippen molar-refractivity contribution in [1.82, 2.24) is 0 Å². The van der Waals surface area contributed by atoms with E-state index in [0.29, 0.717) is 18.6 Å². The van der Waals surface area contributed by atoms with Gasteiger partial charge in [0.2, 0.25) is 0 Å². The number of hydrogen-bond acceptors (Lipinski definition) is 2. The van der Waals surface area contributed by atoms with Crippen LogP contribution < -0.4 is 0 Å². The van der Waals surface area contributed by atoms with E-state index in [2.05, 4.69) is 11.8 Å². The molecule has 0 fully saturated rings. The van der Waals surface area contributed by atoms with Crippen molar-refractivity contribution in [1.29, 1.82) is 0 Å². The largest absolute Gasteiger partial charge is 0.395 e. The third-order valence-corrected chi connectivity index (χ3v) is 2.54. The highest BCUT2D eigenvalue weighted by molar-refractivity contribution is 5.37. The Labute approximate surface area is 108 Å². The Kier molecular flexibility index (Phi) is 6.42. The third kappa shape index (κ3) is 5.31. The van der Waals surface area contributed by atoms with E-state index in [4.69, 9.17) is 9.84 Å². The average molecular weight is 250 g/mol. The average Bonchev–Trinajstić information content (AvgIpc) is 2.35. The van der Waals surface area contributed by atoms with Gasteiger partial charge in [-0.1, -0.05) is 18.8 Å². The first kappa shape index (κ1) is 14.7. The van der Waals surface area contributed by atoms with Gasteiger partial charge in [0.25, 0.3) is 0 Å². The summed E-state index contributed by atoms with van der Waals surface area (Å²) in [5, 5.41) is 8.63. The van der Waals surface area contributed by atoms with Crippen LogP contribution in [0.15, 0.2) is 18.2 Å². The van der Waals surface area contributed by atoms with E-state index in [1.807, 2.05) is 19.9 Å². The highest BCUT2D eigenvalue weighted by Gasteiger charge is 2.02. The van der Waals surface area contributed by atoms with Gasteiger partial charge < -0.3 is 9.84 Å². The Morgan fingerprint density at radius 3 is 2.83 bits per heavy atom. The van der Waals surface area contributed by atoms with Crippen LogP contribution in [0.5, 0.6) is 0 Å². The zero-order valence-electron chi connectivity index (χ0n) is 10.9. The summed E-state index contributed by atoms with van der Waals surface area (Å²) >= 11 is 0. The number of hydrogen-bond donors (Lipinski definition) is 1. The molecule has 3 heteroatoms. The van der Waals surface area contributed by atoms with Crippen LogP contribution in [-0.4, -0.2) is 17.8 Å². The molecule has 18 heavy (non-hydrogen) atoms. The standard InChI is InChI=1S/C15H19FO2/c1-3-12(2)18-11-14-8-13(6-4-5-7-17)9-15(16)10-14/h8-10,12,17H,3,5,7,11H2,1-2H3. The normalized spacial score (nSPS) is 11.8. The Bertz CT molecular complexity index is 432. The number of aliphatic hydroxyl groups excluding tert-OH is 1. The fraction of sp³-hybridized carbons (Fsp3) is 0.467. The van der Waals surface area contributed by atoms with Crippen molar-refractivity contribution < 1.29 is 14.2 Å². The molecule has 1 unspecified atom stereocenters. The smallest absolute Gasteiger partial charge is 0.124 e. The second-order valence-corrected chi connectivity index (χ2v) is 4.15. The molecule has 0 heterocycles. The fourth-order valence-electron chi connectivity index (χ4n) is 1.38. The van der Waals surface area contributed by atoms with E-state index in [-0.39, 0.29) is 18.5 Å². The molecule has 1 atom stereocenters. The lowest BCUT2D eigenvalue weighted by atomic mass is 10.1. The van der Waals surface area contributed by atoms with E-state index >= 15 is 0 Å². The first-order valence-electron chi connectivity index (χ1n) is 6.16. The lowest BCUT2D eigenvalue weighted by Crippen LogP contribution is -2.06. The molecule has 1 aromatic carbocycles. The maximum absolute atomic E-state index is 13.4. The molecule has 1 rings (SSSR count). The SMILES string of the molecule is CCC(C)OCc1cc(F)cc(C#CCCO)c1. The van der Waals surface area contributed by atoms with Crippen molar-refractivity contribution in [2.45, 2.75) is 39.4 Å². The van der Waals surface area contributed by atoms with Crippen molar-refractivity contribution in [2.24, 2.45) is 0 Å². The molecule has 0 aliphatic rings. The van der Waals surface area contributed by atoms with Crippen LogP contribution in [0.3, 0.4) is 0 Å². The second kappa shape index (κ2) is 7.86. The fourth-order valence-corrected chi connectivity index (χ4v) is 1.38. The molecule has 0 amide bonds. The second-order valence-electron chi connectivity index (χ2n) is 4.15. The molecule has 0 aromatic heterocycles. The number of halogens is 1. The van der Waals surface area contributed by atoms with Crippen LogP contribution in [0.2, 0.25) is 0 Å². The van der Waals surface area contributed by atoms with Gasteiger partial charge in [-0.3, -0.25) is 0 Å². The van der Waals surface area contributed by atoms with Gasteiger partial charge >= 0.3 is 0 Å². The van der Waals surface area contributed by atoms with Crippen molar-refractivity contribution in [3.8, 4) is 11.8 Å². The zero-order chi connectivity index (χ0) is 13.4.